The third-order valence-electron chi connectivity index (χ3n) is 8.59. The van der Waals surface area contributed by atoms with Gasteiger partial charge in [-0.1, -0.05) is 41.6 Å². The number of amides is 1. The van der Waals surface area contributed by atoms with Crippen molar-refractivity contribution in [3.63, 3.8) is 0 Å². The van der Waals surface area contributed by atoms with Crippen LogP contribution in [-0.2, 0) is 21.1 Å². The highest BCUT2D eigenvalue weighted by Gasteiger charge is 2.53. The van der Waals surface area contributed by atoms with Crippen LogP contribution in [0.3, 0.4) is 0 Å². The molecule has 3 fully saturated rings. The van der Waals surface area contributed by atoms with Crippen LogP contribution in [-0.4, -0.2) is 57.3 Å². The van der Waals surface area contributed by atoms with Crippen molar-refractivity contribution in [2.24, 2.45) is 0 Å². The summed E-state index contributed by atoms with van der Waals surface area (Å²) in [6.45, 7) is 6.27. The zero-order chi connectivity index (χ0) is 32.1. The number of fused-ring (bicyclic) bond motifs is 2. The smallest absolute Gasteiger partial charge is 0.416 e. The first kappa shape index (κ1) is 30.4. The maximum absolute atomic E-state index is 13.0. The van der Waals surface area contributed by atoms with E-state index >= 15 is 0 Å². The molecule has 2 bridgehead atoms. The van der Waals surface area contributed by atoms with Gasteiger partial charge in [-0.05, 0) is 87.1 Å². The standard InChI is InChI=1S/C34H33F3N4O4/c1-32(2,3)45-31(43)40-14-13-33(18-28(40)19-33)25-9-5-21(6-10-25)23-15-24(30(42)44-4)17-27(16-23)41-20-29(38-39-41)22-7-11-26(12-8-22)34(35,36)37/h5-12,15-17,20,28H,13-14,18-19H2,1-4H3. The minimum absolute atomic E-state index is 0.0240. The molecule has 1 saturated carbocycles. The lowest BCUT2D eigenvalue weighted by Gasteiger charge is -2.57. The van der Waals surface area contributed by atoms with Gasteiger partial charge in [0.15, 0.2) is 0 Å². The second kappa shape index (κ2) is 11.0. The van der Waals surface area contributed by atoms with Crippen LogP contribution in [0.4, 0.5) is 18.0 Å². The number of piperidine rings is 2. The molecule has 45 heavy (non-hydrogen) atoms. The SMILES string of the molecule is COC(=O)c1cc(-c2ccc(C34CCN(C(=O)OC(C)(C)C)C(C3)C4)cc2)cc(-n2cc(-c3ccc(C(F)(F)F)cc3)nn2)c1. The molecule has 0 radical (unpaired) electrons. The zero-order valence-electron chi connectivity index (χ0n) is 25.4. The number of halogens is 3. The molecule has 3 heterocycles. The van der Waals surface area contributed by atoms with Crippen LogP contribution in [0.1, 0.15) is 61.5 Å². The van der Waals surface area contributed by atoms with Gasteiger partial charge in [0.25, 0.3) is 0 Å². The number of alkyl halides is 3. The van der Waals surface area contributed by atoms with Crippen molar-refractivity contribution >= 4 is 12.1 Å². The van der Waals surface area contributed by atoms with Crippen LogP contribution in [0.15, 0.2) is 72.9 Å². The summed E-state index contributed by atoms with van der Waals surface area (Å²) in [6.07, 6.45) is -0.448. The second-order valence-electron chi connectivity index (χ2n) is 12.7. The quantitative estimate of drug-likeness (QED) is 0.216. The zero-order valence-corrected chi connectivity index (χ0v) is 25.4. The van der Waals surface area contributed by atoms with Crippen molar-refractivity contribution in [1.82, 2.24) is 19.9 Å². The molecule has 1 aliphatic carbocycles. The first-order chi connectivity index (χ1) is 21.2. The highest BCUT2D eigenvalue weighted by molar-refractivity contribution is 5.92. The molecule has 7 rings (SSSR count). The second-order valence-corrected chi connectivity index (χ2v) is 12.7. The Kier molecular flexibility index (Phi) is 7.45. The van der Waals surface area contributed by atoms with Crippen LogP contribution >= 0.6 is 0 Å². The summed E-state index contributed by atoms with van der Waals surface area (Å²) in [6, 6.07) is 18.4. The molecule has 3 aromatic carbocycles. The molecule has 4 aromatic rings. The molecule has 0 atom stereocenters. The Labute approximate surface area is 258 Å². The summed E-state index contributed by atoms with van der Waals surface area (Å²) in [5.41, 5.74) is 3.32. The third-order valence-corrected chi connectivity index (χ3v) is 8.59. The van der Waals surface area contributed by atoms with E-state index in [4.69, 9.17) is 9.47 Å². The Bertz CT molecular complexity index is 1730. The Morgan fingerprint density at radius 1 is 0.911 bits per heavy atom. The number of aromatic nitrogens is 3. The summed E-state index contributed by atoms with van der Waals surface area (Å²) >= 11 is 0. The molecule has 234 valence electrons. The van der Waals surface area contributed by atoms with Gasteiger partial charge in [-0.3, -0.25) is 0 Å². The fraction of sp³-hybridized carbons (Fsp3) is 0.353. The Morgan fingerprint density at radius 2 is 1.58 bits per heavy atom. The van der Waals surface area contributed by atoms with E-state index in [1.54, 1.807) is 18.3 Å². The van der Waals surface area contributed by atoms with E-state index in [1.807, 2.05) is 43.9 Å². The number of carbonyl (C=O) groups excluding carboxylic acids is 2. The van der Waals surface area contributed by atoms with E-state index in [1.165, 1.54) is 29.5 Å². The Balaban J connectivity index is 1.23. The predicted octanol–water partition coefficient (Wildman–Crippen LogP) is 7.45. The van der Waals surface area contributed by atoms with Gasteiger partial charge in [-0.15, -0.1) is 5.10 Å². The maximum atomic E-state index is 13.0. The summed E-state index contributed by atoms with van der Waals surface area (Å²) in [7, 11) is 1.31. The van der Waals surface area contributed by atoms with Gasteiger partial charge in [-0.2, -0.15) is 13.2 Å². The van der Waals surface area contributed by atoms with Crippen molar-refractivity contribution in [1.29, 1.82) is 0 Å². The molecule has 2 aliphatic heterocycles. The lowest BCUT2D eigenvalue weighted by atomic mass is 9.57. The topological polar surface area (TPSA) is 86.5 Å². The maximum Gasteiger partial charge on any atom is 0.416 e. The van der Waals surface area contributed by atoms with Crippen LogP contribution in [0.5, 0.6) is 0 Å². The molecule has 1 aromatic heterocycles. The third kappa shape index (κ3) is 6.03. The van der Waals surface area contributed by atoms with Gasteiger partial charge < -0.3 is 14.4 Å². The molecular formula is C34H33F3N4O4. The first-order valence-corrected chi connectivity index (χ1v) is 14.7. The van der Waals surface area contributed by atoms with E-state index < -0.39 is 23.3 Å². The number of hydrogen-bond donors (Lipinski definition) is 0. The number of benzene rings is 3. The number of rotatable bonds is 5. The van der Waals surface area contributed by atoms with Crippen LogP contribution in [0, 0.1) is 0 Å². The normalized spacial score (nSPS) is 19.5. The largest absolute Gasteiger partial charge is 0.465 e. The van der Waals surface area contributed by atoms with Crippen LogP contribution < -0.4 is 0 Å². The van der Waals surface area contributed by atoms with Crippen LogP contribution in [0.2, 0.25) is 0 Å². The van der Waals surface area contributed by atoms with Crippen molar-refractivity contribution in [2.75, 3.05) is 13.7 Å². The van der Waals surface area contributed by atoms with Gasteiger partial charge in [0.1, 0.15) is 11.3 Å². The average Bonchev–Trinajstić information content (AvgIpc) is 3.49. The summed E-state index contributed by atoms with van der Waals surface area (Å²) in [5, 5.41) is 8.32. The highest BCUT2D eigenvalue weighted by atomic mass is 19.4. The molecule has 0 N–H and O–H groups in total. The minimum Gasteiger partial charge on any atom is -0.465 e. The van der Waals surface area contributed by atoms with Gasteiger partial charge in [0.05, 0.1) is 30.1 Å². The number of carbonyl (C=O) groups is 2. The predicted molar refractivity (Wildman–Crippen MR) is 161 cm³/mol. The van der Waals surface area contributed by atoms with Gasteiger partial charge in [-0.25, -0.2) is 14.3 Å². The van der Waals surface area contributed by atoms with Gasteiger partial charge in [0, 0.05) is 23.6 Å². The van der Waals surface area contributed by atoms with E-state index in [0.717, 1.165) is 42.5 Å². The monoisotopic (exact) mass is 618 g/mol. The number of hydrogen-bond acceptors (Lipinski definition) is 6. The Hall–Kier alpha value is -4.67. The number of methoxy groups -OCH3 is 1. The number of esters is 1. The summed E-state index contributed by atoms with van der Waals surface area (Å²) in [5.74, 6) is -0.519. The van der Waals surface area contributed by atoms with E-state index in [0.29, 0.717) is 29.1 Å². The van der Waals surface area contributed by atoms with Gasteiger partial charge >= 0.3 is 18.2 Å². The Morgan fingerprint density at radius 3 is 2.16 bits per heavy atom. The lowest BCUT2D eigenvalue weighted by Crippen LogP contribution is -2.62. The van der Waals surface area contributed by atoms with Crippen molar-refractivity contribution < 1.29 is 32.2 Å². The van der Waals surface area contributed by atoms with Crippen molar-refractivity contribution in [3.05, 3.63) is 89.6 Å². The summed E-state index contributed by atoms with van der Waals surface area (Å²) < 4.78 is 51.0. The molecule has 8 nitrogen and oxygen atoms in total. The average molecular weight is 619 g/mol. The van der Waals surface area contributed by atoms with Crippen molar-refractivity contribution in [2.45, 2.75) is 63.3 Å². The molecular weight excluding hydrogens is 585 g/mol. The molecule has 1 amide bonds. The van der Waals surface area contributed by atoms with E-state index in [2.05, 4.69) is 22.4 Å². The molecule has 0 unspecified atom stereocenters. The fourth-order valence-corrected chi connectivity index (χ4v) is 6.24. The molecule has 3 aliphatic rings. The first-order valence-electron chi connectivity index (χ1n) is 14.7. The number of nitrogens with zero attached hydrogens (tertiary/aromatic N) is 4. The van der Waals surface area contributed by atoms with E-state index in [-0.39, 0.29) is 17.6 Å². The van der Waals surface area contributed by atoms with Gasteiger partial charge in [0.2, 0.25) is 0 Å². The summed E-state index contributed by atoms with van der Waals surface area (Å²) in [4.78, 5) is 27.1. The highest BCUT2D eigenvalue weighted by Crippen LogP contribution is 2.52. The molecule has 0 spiro atoms. The lowest BCUT2D eigenvalue weighted by molar-refractivity contribution is -0.137. The minimum atomic E-state index is -4.43. The van der Waals surface area contributed by atoms with Crippen LogP contribution in [0.25, 0.3) is 28.1 Å². The van der Waals surface area contributed by atoms with Crippen molar-refractivity contribution in [3.8, 4) is 28.1 Å². The molecule has 2 saturated heterocycles. The van der Waals surface area contributed by atoms with E-state index in [9.17, 15) is 22.8 Å². The fourth-order valence-electron chi connectivity index (χ4n) is 6.24. The number of ether oxygens (including phenoxy) is 2. The molecule has 11 heteroatoms.